The van der Waals surface area contributed by atoms with Crippen molar-refractivity contribution in [1.29, 1.82) is 0 Å². The number of sulfonamides is 1. The summed E-state index contributed by atoms with van der Waals surface area (Å²) >= 11 is 0. The molecule has 0 saturated carbocycles. The number of benzene rings is 2. The molecule has 182 valence electrons. The number of ether oxygens (including phenoxy) is 1. The largest absolute Gasteiger partial charge is 0.480 e. The Kier molecular flexibility index (Phi) is 6.90. The Balaban J connectivity index is 1.44. The number of carboxylic acids is 1. The molecule has 1 aliphatic rings. The lowest BCUT2D eigenvalue weighted by Gasteiger charge is -2.18. The number of esters is 1. The minimum absolute atomic E-state index is 0.0134. The minimum Gasteiger partial charge on any atom is -0.480 e. The number of rotatable bonds is 8. The number of allylic oxidation sites excluding steroid dienone is 4. The maximum absolute atomic E-state index is 12.6. The van der Waals surface area contributed by atoms with Crippen LogP contribution >= 0.6 is 0 Å². The zero-order chi connectivity index (χ0) is 25.2. The van der Waals surface area contributed by atoms with E-state index in [0.717, 1.165) is 16.5 Å². The molecule has 35 heavy (non-hydrogen) atoms. The Hall–Kier alpha value is -3.69. The molecule has 9 heteroatoms. The van der Waals surface area contributed by atoms with E-state index in [9.17, 15) is 23.1 Å². The fraction of sp³-hybridized carbons (Fsp3) is 0.231. The van der Waals surface area contributed by atoms with E-state index < -0.39 is 33.9 Å². The second-order valence-corrected chi connectivity index (χ2v) is 10.3. The van der Waals surface area contributed by atoms with E-state index in [0.29, 0.717) is 24.2 Å². The fourth-order valence-electron chi connectivity index (χ4n) is 3.75. The third-order valence-electron chi connectivity index (χ3n) is 5.71. The summed E-state index contributed by atoms with van der Waals surface area (Å²) in [6, 6.07) is 14.0. The number of hydrogen-bond acceptors (Lipinski definition) is 6. The number of nitrogens with one attached hydrogen (secondary N) is 1. The van der Waals surface area contributed by atoms with Crippen LogP contribution in [0.4, 0.5) is 0 Å². The van der Waals surface area contributed by atoms with Crippen molar-refractivity contribution >= 4 is 38.5 Å². The van der Waals surface area contributed by atoms with Gasteiger partial charge in [-0.3, -0.25) is 4.79 Å². The van der Waals surface area contributed by atoms with Gasteiger partial charge in [0, 0.05) is 11.8 Å². The standard InChI is InChI=1S/C26H25NO7S/c1-16(2)24(25(28)29)27-35(31,32)21-13-9-18(10-14-21)17-7-11-20(12-8-17)33-26(30)23-15-19-5-3-4-6-22(19)34-23/h3-7,9-11,13-16,24,27H,8,12H2,1-2H3,(H,28,29)/t24-/m0/s1. The third-order valence-corrected chi connectivity index (χ3v) is 7.17. The number of carbonyl (C=O) groups is 2. The van der Waals surface area contributed by atoms with Crippen LogP contribution in [-0.4, -0.2) is 31.5 Å². The van der Waals surface area contributed by atoms with Crippen LogP contribution in [-0.2, 0) is 19.6 Å². The molecule has 0 bridgehead atoms. The minimum atomic E-state index is -3.98. The van der Waals surface area contributed by atoms with Crippen LogP contribution in [0.15, 0.2) is 81.8 Å². The van der Waals surface area contributed by atoms with Crippen molar-refractivity contribution in [2.45, 2.75) is 37.6 Å². The highest BCUT2D eigenvalue weighted by atomic mass is 32.2. The molecule has 1 aromatic heterocycles. The average molecular weight is 496 g/mol. The van der Waals surface area contributed by atoms with Crippen molar-refractivity contribution in [1.82, 2.24) is 4.72 Å². The second kappa shape index (κ2) is 9.89. The van der Waals surface area contributed by atoms with Gasteiger partial charge in [0.05, 0.1) is 4.90 Å². The van der Waals surface area contributed by atoms with Crippen LogP contribution in [0.5, 0.6) is 0 Å². The first-order valence-corrected chi connectivity index (χ1v) is 12.6. The predicted molar refractivity (Wildman–Crippen MR) is 130 cm³/mol. The van der Waals surface area contributed by atoms with E-state index in [1.54, 1.807) is 44.2 Å². The third kappa shape index (κ3) is 5.52. The van der Waals surface area contributed by atoms with Crippen LogP contribution in [0.1, 0.15) is 42.8 Å². The molecule has 1 heterocycles. The molecule has 2 aromatic carbocycles. The number of carboxylic acid groups (broad SMARTS) is 1. The molecular formula is C26H25NO7S. The van der Waals surface area contributed by atoms with Crippen molar-refractivity contribution in [3.05, 3.63) is 83.8 Å². The van der Waals surface area contributed by atoms with E-state index in [1.165, 1.54) is 12.1 Å². The van der Waals surface area contributed by atoms with Crippen LogP contribution < -0.4 is 4.72 Å². The van der Waals surface area contributed by atoms with Crippen molar-refractivity contribution in [2.24, 2.45) is 5.92 Å². The fourth-order valence-corrected chi connectivity index (χ4v) is 5.09. The highest BCUT2D eigenvalue weighted by Crippen LogP contribution is 2.29. The Morgan fingerprint density at radius 2 is 1.74 bits per heavy atom. The average Bonchev–Trinajstić information content (AvgIpc) is 3.27. The van der Waals surface area contributed by atoms with Gasteiger partial charge in [0.1, 0.15) is 17.4 Å². The van der Waals surface area contributed by atoms with Crippen LogP contribution in [0, 0.1) is 5.92 Å². The van der Waals surface area contributed by atoms with Crippen molar-refractivity contribution in [3.63, 3.8) is 0 Å². The van der Waals surface area contributed by atoms with Gasteiger partial charge in [0.2, 0.25) is 15.8 Å². The summed E-state index contributed by atoms with van der Waals surface area (Å²) in [6.07, 6.45) is 4.63. The van der Waals surface area contributed by atoms with Gasteiger partial charge in [-0.15, -0.1) is 0 Å². The molecule has 0 spiro atoms. The molecule has 0 amide bonds. The quantitative estimate of drug-likeness (QED) is 0.433. The topological polar surface area (TPSA) is 123 Å². The number of hydrogen-bond donors (Lipinski definition) is 2. The number of para-hydroxylation sites is 1. The zero-order valence-electron chi connectivity index (χ0n) is 19.2. The van der Waals surface area contributed by atoms with Gasteiger partial charge in [0.15, 0.2) is 0 Å². The summed E-state index contributed by atoms with van der Waals surface area (Å²) < 4.78 is 38.5. The summed E-state index contributed by atoms with van der Waals surface area (Å²) in [6.45, 7) is 3.27. The lowest BCUT2D eigenvalue weighted by Crippen LogP contribution is -2.44. The molecule has 0 saturated heterocycles. The zero-order valence-corrected chi connectivity index (χ0v) is 20.0. The lowest BCUT2D eigenvalue weighted by atomic mass is 9.97. The number of fused-ring (bicyclic) bond motifs is 1. The van der Waals surface area contributed by atoms with E-state index in [1.807, 2.05) is 24.3 Å². The molecule has 4 rings (SSSR count). The lowest BCUT2D eigenvalue weighted by molar-refractivity contribution is -0.140. The summed E-state index contributed by atoms with van der Waals surface area (Å²) in [7, 11) is -3.98. The molecule has 0 radical (unpaired) electrons. The van der Waals surface area contributed by atoms with Crippen LogP contribution in [0.2, 0.25) is 0 Å². The van der Waals surface area contributed by atoms with Crippen molar-refractivity contribution in [3.8, 4) is 0 Å². The highest BCUT2D eigenvalue weighted by Gasteiger charge is 2.28. The van der Waals surface area contributed by atoms with Crippen LogP contribution in [0.3, 0.4) is 0 Å². The Morgan fingerprint density at radius 1 is 1.03 bits per heavy atom. The molecular weight excluding hydrogens is 470 g/mol. The molecule has 1 atom stereocenters. The van der Waals surface area contributed by atoms with Crippen LogP contribution in [0.25, 0.3) is 16.5 Å². The number of aliphatic carboxylic acids is 1. The maximum atomic E-state index is 12.6. The normalized spacial score (nSPS) is 14.9. The van der Waals surface area contributed by atoms with E-state index >= 15 is 0 Å². The first kappa shape index (κ1) is 24.4. The Morgan fingerprint density at radius 3 is 2.34 bits per heavy atom. The van der Waals surface area contributed by atoms with Crippen molar-refractivity contribution < 1.29 is 32.3 Å². The molecule has 0 aliphatic heterocycles. The first-order chi connectivity index (χ1) is 16.6. The molecule has 0 unspecified atom stereocenters. The SMILES string of the molecule is CC(C)[C@H](NS(=O)(=O)c1ccc(C2=CC=C(OC(=O)c3cc4ccccc4o3)CC2)cc1)C(=O)O. The Bertz CT molecular complexity index is 1400. The molecule has 3 aromatic rings. The summed E-state index contributed by atoms with van der Waals surface area (Å²) in [4.78, 5) is 23.8. The van der Waals surface area contributed by atoms with Gasteiger partial charge in [-0.2, -0.15) is 4.72 Å². The molecule has 2 N–H and O–H groups in total. The monoisotopic (exact) mass is 495 g/mol. The van der Waals surface area contributed by atoms with Crippen molar-refractivity contribution in [2.75, 3.05) is 0 Å². The smallest absolute Gasteiger partial charge is 0.379 e. The number of carbonyl (C=O) groups excluding carboxylic acids is 1. The van der Waals surface area contributed by atoms with Gasteiger partial charge < -0.3 is 14.3 Å². The van der Waals surface area contributed by atoms with E-state index in [2.05, 4.69) is 4.72 Å². The van der Waals surface area contributed by atoms with Gasteiger partial charge in [-0.05, 0) is 53.8 Å². The molecule has 8 nitrogen and oxygen atoms in total. The molecule has 1 aliphatic carbocycles. The molecule has 0 fully saturated rings. The summed E-state index contributed by atoms with van der Waals surface area (Å²) in [5, 5.41) is 10.1. The predicted octanol–water partition coefficient (Wildman–Crippen LogP) is 4.74. The maximum Gasteiger partial charge on any atom is 0.379 e. The van der Waals surface area contributed by atoms with E-state index in [4.69, 9.17) is 9.15 Å². The van der Waals surface area contributed by atoms with Gasteiger partial charge in [-0.25, -0.2) is 13.2 Å². The number of furan rings is 1. The first-order valence-electron chi connectivity index (χ1n) is 11.1. The van der Waals surface area contributed by atoms with E-state index in [-0.39, 0.29) is 10.7 Å². The van der Waals surface area contributed by atoms with Gasteiger partial charge in [-0.1, -0.05) is 50.3 Å². The summed E-state index contributed by atoms with van der Waals surface area (Å²) in [5.41, 5.74) is 2.39. The van der Waals surface area contributed by atoms with Gasteiger partial charge >= 0.3 is 11.9 Å². The second-order valence-electron chi connectivity index (χ2n) is 8.57. The van der Waals surface area contributed by atoms with Gasteiger partial charge in [0.25, 0.3) is 0 Å². The Labute approximate surface area is 203 Å². The summed E-state index contributed by atoms with van der Waals surface area (Å²) in [5.74, 6) is -1.55. The highest BCUT2D eigenvalue weighted by molar-refractivity contribution is 7.89.